The molecule has 1 amide bonds. The van der Waals surface area contributed by atoms with E-state index in [-0.39, 0.29) is 30.0 Å². The summed E-state index contributed by atoms with van der Waals surface area (Å²) >= 11 is 0. The molecule has 1 aromatic carbocycles. The van der Waals surface area contributed by atoms with E-state index in [0.29, 0.717) is 26.1 Å². The fourth-order valence-electron chi connectivity index (χ4n) is 3.50. The molecule has 1 heterocycles. The lowest BCUT2D eigenvalue weighted by molar-refractivity contribution is -0.148. The predicted molar refractivity (Wildman–Crippen MR) is 80.5 cm³/mol. The van der Waals surface area contributed by atoms with E-state index in [2.05, 4.69) is 5.32 Å². The van der Waals surface area contributed by atoms with Gasteiger partial charge in [-0.3, -0.25) is 4.79 Å². The minimum Gasteiger partial charge on any atom is -0.376 e. The first-order chi connectivity index (χ1) is 11.5. The lowest BCUT2D eigenvalue weighted by Crippen LogP contribution is -2.47. The van der Waals surface area contributed by atoms with Crippen molar-refractivity contribution >= 4 is 5.91 Å². The lowest BCUT2D eigenvalue weighted by atomic mass is 9.89. The van der Waals surface area contributed by atoms with E-state index in [1.807, 2.05) is 0 Å². The Hall–Kier alpha value is -1.60. The molecule has 1 aromatic rings. The minimum atomic E-state index is -4.39. The first kappa shape index (κ1) is 17.2. The van der Waals surface area contributed by atoms with Crippen molar-refractivity contribution in [1.29, 1.82) is 0 Å². The Balaban J connectivity index is 1.75. The van der Waals surface area contributed by atoms with E-state index in [4.69, 9.17) is 9.47 Å². The Morgan fingerprint density at radius 3 is 2.67 bits per heavy atom. The van der Waals surface area contributed by atoms with Crippen LogP contribution in [0.3, 0.4) is 0 Å². The number of alkyl halides is 3. The standard InChI is InChI=1S/C17H20F3NO3/c18-17(19,20)13-6-2-1-4-11(13)12-5-3-7-14(12)21-16(22)15-10-23-8-9-24-15/h1-2,4,6,12,14-15H,3,5,7-10H2,(H,21,22)/t12-,14+,15+/m0/s1. The van der Waals surface area contributed by atoms with Crippen molar-refractivity contribution < 1.29 is 27.4 Å². The van der Waals surface area contributed by atoms with Crippen LogP contribution in [0.25, 0.3) is 0 Å². The third kappa shape index (κ3) is 3.72. The van der Waals surface area contributed by atoms with Crippen LogP contribution in [-0.4, -0.2) is 37.9 Å². The van der Waals surface area contributed by atoms with Crippen molar-refractivity contribution in [2.75, 3.05) is 19.8 Å². The molecule has 4 nitrogen and oxygen atoms in total. The topological polar surface area (TPSA) is 47.6 Å². The lowest BCUT2D eigenvalue weighted by Gasteiger charge is -2.27. The maximum Gasteiger partial charge on any atom is 0.416 e. The molecule has 1 aliphatic carbocycles. The van der Waals surface area contributed by atoms with Gasteiger partial charge in [-0.05, 0) is 24.5 Å². The summed E-state index contributed by atoms with van der Waals surface area (Å²) in [5.74, 6) is -0.646. The number of benzene rings is 1. The van der Waals surface area contributed by atoms with Crippen molar-refractivity contribution in [2.24, 2.45) is 0 Å². The van der Waals surface area contributed by atoms with Crippen LogP contribution in [0.1, 0.15) is 36.3 Å². The van der Waals surface area contributed by atoms with Crippen LogP contribution >= 0.6 is 0 Å². The van der Waals surface area contributed by atoms with Gasteiger partial charge in [-0.1, -0.05) is 24.6 Å². The monoisotopic (exact) mass is 343 g/mol. The molecule has 24 heavy (non-hydrogen) atoms. The molecule has 0 bridgehead atoms. The highest BCUT2D eigenvalue weighted by molar-refractivity contribution is 5.81. The predicted octanol–water partition coefficient (Wildman–Crippen LogP) is 2.87. The van der Waals surface area contributed by atoms with E-state index in [9.17, 15) is 18.0 Å². The van der Waals surface area contributed by atoms with Crippen LogP contribution in [0.2, 0.25) is 0 Å². The molecule has 1 N–H and O–H groups in total. The van der Waals surface area contributed by atoms with Gasteiger partial charge in [0.2, 0.25) is 0 Å². The van der Waals surface area contributed by atoms with Gasteiger partial charge in [-0.15, -0.1) is 0 Å². The fraction of sp³-hybridized carbons (Fsp3) is 0.588. The second-order valence-electron chi connectivity index (χ2n) is 6.17. The van der Waals surface area contributed by atoms with Gasteiger partial charge in [0.25, 0.3) is 5.91 Å². The maximum atomic E-state index is 13.3. The Labute approximate surface area is 138 Å². The van der Waals surface area contributed by atoms with Crippen LogP contribution in [0.5, 0.6) is 0 Å². The number of nitrogens with one attached hydrogen (secondary N) is 1. The molecule has 2 aliphatic rings. The van der Waals surface area contributed by atoms with Crippen molar-refractivity contribution in [3.63, 3.8) is 0 Å². The molecule has 7 heteroatoms. The zero-order valence-electron chi connectivity index (χ0n) is 13.1. The van der Waals surface area contributed by atoms with Gasteiger partial charge in [0.15, 0.2) is 6.10 Å². The fourth-order valence-corrected chi connectivity index (χ4v) is 3.50. The second-order valence-corrected chi connectivity index (χ2v) is 6.17. The summed E-state index contributed by atoms with van der Waals surface area (Å²) < 4.78 is 50.3. The van der Waals surface area contributed by atoms with Crippen molar-refractivity contribution in [2.45, 2.75) is 43.5 Å². The van der Waals surface area contributed by atoms with Crippen LogP contribution < -0.4 is 5.32 Å². The maximum absolute atomic E-state index is 13.3. The summed E-state index contributed by atoms with van der Waals surface area (Å²) in [6, 6.07) is 5.30. The van der Waals surface area contributed by atoms with Crippen LogP contribution in [-0.2, 0) is 20.4 Å². The minimum absolute atomic E-state index is 0.183. The summed E-state index contributed by atoms with van der Waals surface area (Å²) in [6.07, 6.45) is -3.01. The molecule has 0 aromatic heterocycles. The van der Waals surface area contributed by atoms with Gasteiger partial charge in [0.05, 0.1) is 25.4 Å². The Morgan fingerprint density at radius 1 is 1.17 bits per heavy atom. The number of halogens is 3. The van der Waals surface area contributed by atoms with Gasteiger partial charge < -0.3 is 14.8 Å². The Bertz CT molecular complexity index is 585. The number of ether oxygens (including phenoxy) is 2. The van der Waals surface area contributed by atoms with Crippen molar-refractivity contribution in [3.8, 4) is 0 Å². The summed E-state index contributed by atoms with van der Waals surface area (Å²) in [5.41, 5.74) is -0.359. The molecule has 0 unspecified atom stereocenters. The number of hydrogen-bond acceptors (Lipinski definition) is 3. The van der Waals surface area contributed by atoms with E-state index < -0.39 is 17.8 Å². The molecule has 1 aliphatic heterocycles. The van der Waals surface area contributed by atoms with E-state index in [1.165, 1.54) is 12.1 Å². The normalized spacial score (nSPS) is 27.9. The smallest absolute Gasteiger partial charge is 0.376 e. The van der Waals surface area contributed by atoms with Gasteiger partial charge in [-0.25, -0.2) is 0 Å². The number of amides is 1. The third-order valence-electron chi connectivity index (χ3n) is 4.62. The number of carbonyl (C=O) groups is 1. The molecule has 0 radical (unpaired) electrons. The van der Waals surface area contributed by atoms with Crippen molar-refractivity contribution in [1.82, 2.24) is 5.32 Å². The van der Waals surface area contributed by atoms with Gasteiger partial charge in [-0.2, -0.15) is 13.2 Å². The number of carbonyl (C=O) groups excluding carboxylic acids is 1. The van der Waals surface area contributed by atoms with Crippen LogP contribution in [0.4, 0.5) is 13.2 Å². The molecule has 3 atom stereocenters. The third-order valence-corrected chi connectivity index (χ3v) is 4.62. The SMILES string of the molecule is O=C(N[C@@H]1CCC[C@H]1c1ccccc1C(F)(F)F)[C@H]1COCCO1. The first-order valence-corrected chi connectivity index (χ1v) is 8.12. The van der Waals surface area contributed by atoms with E-state index in [0.717, 1.165) is 12.5 Å². The molecule has 2 fully saturated rings. The summed E-state index contributed by atoms with van der Waals surface area (Å²) in [5, 5.41) is 2.86. The Kier molecular flexibility index (Phi) is 5.10. The summed E-state index contributed by atoms with van der Waals surface area (Å²) in [7, 11) is 0. The molecular formula is C17H20F3NO3. The molecule has 0 spiro atoms. The van der Waals surface area contributed by atoms with Gasteiger partial charge in [0.1, 0.15) is 0 Å². The second kappa shape index (κ2) is 7.11. The molecule has 132 valence electrons. The number of hydrogen-bond donors (Lipinski definition) is 1. The van der Waals surface area contributed by atoms with Gasteiger partial charge >= 0.3 is 6.18 Å². The highest BCUT2D eigenvalue weighted by Gasteiger charge is 2.39. The molecule has 1 saturated carbocycles. The van der Waals surface area contributed by atoms with Gasteiger partial charge in [0, 0.05) is 12.0 Å². The molecular weight excluding hydrogens is 323 g/mol. The van der Waals surface area contributed by atoms with Crippen molar-refractivity contribution in [3.05, 3.63) is 35.4 Å². The summed E-state index contributed by atoms with van der Waals surface area (Å²) in [6.45, 7) is 0.986. The first-order valence-electron chi connectivity index (χ1n) is 8.12. The highest BCUT2D eigenvalue weighted by atomic mass is 19.4. The Morgan fingerprint density at radius 2 is 1.96 bits per heavy atom. The van der Waals surface area contributed by atoms with Crippen LogP contribution in [0.15, 0.2) is 24.3 Å². The average molecular weight is 343 g/mol. The molecule has 3 rings (SSSR count). The zero-order valence-corrected chi connectivity index (χ0v) is 13.1. The molecule has 1 saturated heterocycles. The van der Waals surface area contributed by atoms with Crippen LogP contribution in [0, 0.1) is 0 Å². The average Bonchev–Trinajstić information content (AvgIpc) is 3.03. The zero-order chi connectivity index (χ0) is 17.2. The highest BCUT2D eigenvalue weighted by Crippen LogP contribution is 2.41. The summed E-state index contributed by atoms with van der Waals surface area (Å²) in [4.78, 5) is 12.3. The van der Waals surface area contributed by atoms with E-state index >= 15 is 0 Å². The number of rotatable bonds is 3. The quantitative estimate of drug-likeness (QED) is 0.918. The largest absolute Gasteiger partial charge is 0.416 e. The van der Waals surface area contributed by atoms with E-state index in [1.54, 1.807) is 6.07 Å².